The molecule has 0 unspecified atom stereocenters. The molecule has 7 nitrogen and oxygen atoms in total. The Balaban J connectivity index is 1.42. The number of urea groups is 1. The second-order valence-electron chi connectivity index (χ2n) is 6.45. The van der Waals surface area contributed by atoms with Gasteiger partial charge in [-0.05, 0) is 24.3 Å². The molecule has 4 rings (SSSR count). The number of rotatable bonds is 4. The van der Waals surface area contributed by atoms with E-state index in [1.54, 1.807) is 18.2 Å². The van der Waals surface area contributed by atoms with Gasteiger partial charge in [0.05, 0.1) is 5.69 Å². The molecule has 1 fully saturated rings. The molecule has 0 aromatic heterocycles. The minimum Gasteiger partial charge on any atom is -0.486 e. The fourth-order valence-corrected chi connectivity index (χ4v) is 3.15. The molecule has 2 aromatic carbocycles. The van der Waals surface area contributed by atoms with Gasteiger partial charge >= 0.3 is 6.03 Å². The van der Waals surface area contributed by atoms with Crippen LogP contribution in [0.4, 0.5) is 29.3 Å². The Hall–Kier alpha value is -3.43. The van der Waals surface area contributed by atoms with Gasteiger partial charge in [0.25, 0.3) is 0 Å². The second kappa shape index (κ2) is 7.53. The highest BCUT2D eigenvalue weighted by Crippen LogP contribution is 2.35. The standard InChI is InChI=1S/C19H16F3N3O4/c20-12-2-3-13(18(22)17(12)21)23-16(26)10-24-5-6-25(19(24)27)11-1-4-14-15(9-11)29-8-7-28-14/h1-4,9H,5-8,10H2,(H,23,26). The summed E-state index contributed by atoms with van der Waals surface area (Å²) < 4.78 is 50.9. The molecular formula is C19H16F3N3O4. The lowest BCUT2D eigenvalue weighted by atomic mass is 10.2. The molecule has 0 bridgehead atoms. The lowest BCUT2D eigenvalue weighted by Crippen LogP contribution is -2.37. The molecule has 0 spiro atoms. The van der Waals surface area contributed by atoms with Gasteiger partial charge < -0.3 is 19.7 Å². The third-order valence-corrected chi connectivity index (χ3v) is 4.58. The number of carbonyl (C=O) groups is 2. The molecule has 0 saturated carbocycles. The van der Waals surface area contributed by atoms with E-state index in [9.17, 15) is 22.8 Å². The Bertz CT molecular complexity index is 985. The number of benzene rings is 2. The van der Waals surface area contributed by atoms with Crippen LogP contribution in [0.2, 0.25) is 0 Å². The minimum absolute atomic E-state index is 0.265. The van der Waals surface area contributed by atoms with E-state index >= 15 is 0 Å². The van der Waals surface area contributed by atoms with Crippen molar-refractivity contribution < 1.29 is 32.2 Å². The van der Waals surface area contributed by atoms with Crippen molar-refractivity contribution in [2.45, 2.75) is 0 Å². The number of halogens is 3. The molecule has 2 heterocycles. The van der Waals surface area contributed by atoms with Crippen LogP contribution >= 0.6 is 0 Å². The molecule has 10 heteroatoms. The Morgan fingerprint density at radius 1 is 1.00 bits per heavy atom. The molecular weight excluding hydrogens is 391 g/mol. The molecule has 2 aliphatic rings. The normalized spacial score (nSPS) is 15.6. The average Bonchev–Trinajstić information content (AvgIpc) is 3.08. The number of amides is 3. The monoisotopic (exact) mass is 407 g/mol. The molecule has 29 heavy (non-hydrogen) atoms. The molecule has 152 valence electrons. The van der Waals surface area contributed by atoms with Crippen LogP contribution in [0.15, 0.2) is 30.3 Å². The maximum Gasteiger partial charge on any atom is 0.325 e. The van der Waals surface area contributed by atoms with E-state index in [0.717, 1.165) is 6.07 Å². The lowest BCUT2D eigenvalue weighted by Gasteiger charge is -2.22. The molecule has 0 atom stereocenters. The summed E-state index contributed by atoms with van der Waals surface area (Å²) in [6.07, 6.45) is 0. The minimum atomic E-state index is -1.68. The molecule has 2 aromatic rings. The van der Waals surface area contributed by atoms with Gasteiger partial charge in [-0.15, -0.1) is 0 Å². The van der Waals surface area contributed by atoms with Crippen molar-refractivity contribution in [3.05, 3.63) is 47.8 Å². The number of nitrogens with one attached hydrogen (secondary N) is 1. The van der Waals surface area contributed by atoms with E-state index < -0.39 is 35.1 Å². The van der Waals surface area contributed by atoms with E-state index in [-0.39, 0.29) is 13.1 Å². The van der Waals surface area contributed by atoms with Crippen molar-refractivity contribution in [1.82, 2.24) is 4.90 Å². The first-order valence-electron chi connectivity index (χ1n) is 8.83. The van der Waals surface area contributed by atoms with Crippen molar-refractivity contribution in [1.29, 1.82) is 0 Å². The Kier molecular flexibility index (Phi) is 4.91. The first-order valence-corrected chi connectivity index (χ1v) is 8.83. The van der Waals surface area contributed by atoms with Gasteiger partial charge in [-0.2, -0.15) is 0 Å². The summed E-state index contributed by atoms with van der Waals surface area (Å²) in [6.45, 7) is 1.11. The van der Waals surface area contributed by atoms with Crippen LogP contribution in [0.5, 0.6) is 11.5 Å². The molecule has 3 amide bonds. The fourth-order valence-electron chi connectivity index (χ4n) is 3.15. The summed E-state index contributed by atoms with van der Waals surface area (Å²) in [5.41, 5.74) is 0.0954. The predicted octanol–water partition coefficient (Wildman–Crippen LogP) is 2.76. The molecule has 1 N–H and O–H groups in total. The summed E-state index contributed by atoms with van der Waals surface area (Å²) in [6, 6.07) is 6.32. The van der Waals surface area contributed by atoms with Crippen LogP contribution in [0.1, 0.15) is 0 Å². The van der Waals surface area contributed by atoms with Gasteiger partial charge in [-0.1, -0.05) is 0 Å². The highest BCUT2D eigenvalue weighted by Gasteiger charge is 2.32. The van der Waals surface area contributed by atoms with E-state index in [4.69, 9.17) is 9.47 Å². The van der Waals surface area contributed by atoms with Crippen molar-refractivity contribution in [3.8, 4) is 11.5 Å². The quantitative estimate of drug-likeness (QED) is 0.792. The zero-order chi connectivity index (χ0) is 20.5. The van der Waals surface area contributed by atoms with Crippen LogP contribution in [0.25, 0.3) is 0 Å². The lowest BCUT2D eigenvalue weighted by molar-refractivity contribution is -0.116. The van der Waals surface area contributed by atoms with Crippen LogP contribution in [0, 0.1) is 17.5 Å². The topological polar surface area (TPSA) is 71.1 Å². The summed E-state index contributed by atoms with van der Waals surface area (Å²) >= 11 is 0. The van der Waals surface area contributed by atoms with Crippen molar-refractivity contribution in [3.63, 3.8) is 0 Å². The van der Waals surface area contributed by atoms with Crippen molar-refractivity contribution in [2.24, 2.45) is 0 Å². The predicted molar refractivity (Wildman–Crippen MR) is 96.7 cm³/mol. The molecule has 2 aliphatic heterocycles. The zero-order valence-corrected chi connectivity index (χ0v) is 15.1. The van der Waals surface area contributed by atoms with Gasteiger partial charge in [0.1, 0.15) is 19.8 Å². The van der Waals surface area contributed by atoms with Gasteiger partial charge in [0.2, 0.25) is 5.91 Å². The van der Waals surface area contributed by atoms with Gasteiger partial charge in [0.15, 0.2) is 29.0 Å². The Morgan fingerprint density at radius 3 is 2.55 bits per heavy atom. The van der Waals surface area contributed by atoms with Gasteiger partial charge in [-0.25, -0.2) is 18.0 Å². The summed E-state index contributed by atoms with van der Waals surface area (Å²) in [5.74, 6) is -4.13. The summed E-state index contributed by atoms with van der Waals surface area (Å²) in [4.78, 5) is 27.5. The van der Waals surface area contributed by atoms with Crippen LogP contribution in [0.3, 0.4) is 0 Å². The van der Waals surface area contributed by atoms with Gasteiger partial charge in [0, 0.05) is 24.8 Å². The first-order chi connectivity index (χ1) is 13.9. The van der Waals surface area contributed by atoms with Crippen molar-refractivity contribution >= 4 is 23.3 Å². The van der Waals surface area contributed by atoms with Crippen molar-refractivity contribution in [2.75, 3.05) is 43.1 Å². The fraction of sp³-hybridized carbons (Fsp3) is 0.263. The number of hydrogen-bond donors (Lipinski definition) is 1. The summed E-state index contributed by atoms with van der Waals surface area (Å²) in [7, 11) is 0. The van der Waals surface area contributed by atoms with Gasteiger partial charge in [-0.3, -0.25) is 9.69 Å². The highest BCUT2D eigenvalue weighted by molar-refractivity contribution is 5.99. The maximum atomic E-state index is 13.7. The average molecular weight is 407 g/mol. The number of fused-ring (bicyclic) bond motifs is 1. The number of carbonyl (C=O) groups excluding carboxylic acids is 2. The largest absolute Gasteiger partial charge is 0.486 e. The van der Waals surface area contributed by atoms with E-state index in [1.165, 1.54) is 9.80 Å². The number of nitrogens with zero attached hydrogens (tertiary/aromatic N) is 2. The summed E-state index contributed by atoms with van der Waals surface area (Å²) in [5, 5.41) is 2.15. The number of hydrogen-bond acceptors (Lipinski definition) is 4. The SMILES string of the molecule is O=C(CN1CCN(c2ccc3c(c2)OCCO3)C1=O)Nc1ccc(F)c(F)c1F. The molecule has 0 aliphatic carbocycles. The maximum absolute atomic E-state index is 13.7. The zero-order valence-electron chi connectivity index (χ0n) is 15.1. The second-order valence-corrected chi connectivity index (χ2v) is 6.45. The highest BCUT2D eigenvalue weighted by atomic mass is 19.2. The number of anilines is 2. The molecule has 1 saturated heterocycles. The Morgan fingerprint density at radius 2 is 1.76 bits per heavy atom. The third-order valence-electron chi connectivity index (χ3n) is 4.58. The number of ether oxygens (including phenoxy) is 2. The van der Waals surface area contributed by atoms with Crippen LogP contribution in [-0.2, 0) is 4.79 Å². The van der Waals surface area contributed by atoms with Crippen LogP contribution in [-0.4, -0.2) is 49.7 Å². The smallest absolute Gasteiger partial charge is 0.325 e. The van der Waals surface area contributed by atoms with E-state index in [0.29, 0.717) is 43.0 Å². The van der Waals surface area contributed by atoms with E-state index in [1.807, 2.05) is 0 Å². The third kappa shape index (κ3) is 3.65. The van der Waals surface area contributed by atoms with E-state index in [2.05, 4.69) is 5.32 Å². The Labute approximate surface area is 163 Å². The van der Waals surface area contributed by atoms with Crippen LogP contribution < -0.4 is 19.7 Å². The molecule has 0 radical (unpaired) electrons. The first kappa shape index (κ1) is 18.9.